The van der Waals surface area contributed by atoms with Crippen molar-refractivity contribution in [1.29, 1.82) is 0 Å². The van der Waals surface area contributed by atoms with Gasteiger partial charge in [0.05, 0.1) is 36.6 Å². The highest BCUT2D eigenvalue weighted by Gasteiger charge is 2.30. The molecule has 2 amide bonds. The smallest absolute Gasteiger partial charge is 0.416 e. The van der Waals surface area contributed by atoms with Crippen LogP contribution in [0.2, 0.25) is 0 Å². The Balaban J connectivity index is 1.72. The lowest BCUT2D eigenvalue weighted by atomic mass is 10.1. The standard InChI is InChI=1S/C24H26F3N3O4/c1-2-34-23(33)16-29(14-17-9-11-18(12-10-17)24(25,26)27)15-21(31)28-19-6-3-4-7-20(19)30-13-5-8-22(30)32/h3-4,6-7,9-12H,2,5,8,13-16H2,1H3,(H,28,31). The van der Waals surface area contributed by atoms with Crippen LogP contribution in [-0.2, 0) is 31.8 Å². The summed E-state index contributed by atoms with van der Waals surface area (Å²) in [6, 6.07) is 11.5. The van der Waals surface area contributed by atoms with Gasteiger partial charge in [-0.1, -0.05) is 24.3 Å². The summed E-state index contributed by atoms with van der Waals surface area (Å²) in [6.45, 7) is 2.03. The molecule has 1 aliphatic heterocycles. The maximum Gasteiger partial charge on any atom is 0.416 e. The van der Waals surface area contributed by atoms with E-state index in [4.69, 9.17) is 4.74 Å². The maximum atomic E-state index is 12.8. The van der Waals surface area contributed by atoms with E-state index in [1.165, 1.54) is 17.0 Å². The molecule has 2 aromatic rings. The molecule has 1 fully saturated rings. The van der Waals surface area contributed by atoms with Crippen LogP contribution in [0.4, 0.5) is 24.5 Å². The van der Waals surface area contributed by atoms with E-state index in [-0.39, 0.29) is 32.1 Å². The second kappa shape index (κ2) is 11.1. The average Bonchev–Trinajstić information content (AvgIpc) is 3.19. The van der Waals surface area contributed by atoms with Crippen molar-refractivity contribution in [2.75, 3.05) is 36.5 Å². The Morgan fingerprint density at radius 1 is 1.09 bits per heavy atom. The van der Waals surface area contributed by atoms with Crippen molar-refractivity contribution in [3.63, 3.8) is 0 Å². The number of alkyl halides is 3. The summed E-state index contributed by atoms with van der Waals surface area (Å²) in [4.78, 5) is 40.1. The molecule has 1 aliphatic rings. The van der Waals surface area contributed by atoms with Crippen molar-refractivity contribution in [2.24, 2.45) is 0 Å². The third-order valence-electron chi connectivity index (χ3n) is 5.26. The first-order chi connectivity index (χ1) is 16.2. The van der Waals surface area contributed by atoms with Crippen LogP contribution in [-0.4, -0.2) is 48.9 Å². The molecule has 0 aromatic heterocycles. The first-order valence-electron chi connectivity index (χ1n) is 10.9. The number of nitrogens with one attached hydrogen (secondary N) is 1. The Labute approximate surface area is 195 Å². The summed E-state index contributed by atoms with van der Waals surface area (Å²) >= 11 is 0. The van der Waals surface area contributed by atoms with Crippen molar-refractivity contribution >= 4 is 29.2 Å². The predicted molar refractivity (Wildman–Crippen MR) is 120 cm³/mol. The normalized spacial score (nSPS) is 13.9. The van der Waals surface area contributed by atoms with E-state index in [9.17, 15) is 27.6 Å². The van der Waals surface area contributed by atoms with Crippen LogP contribution in [0.3, 0.4) is 0 Å². The van der Waals surface area contributed by atoms with Gasteiger partial charge in [0.2, 0.25) is 11.8 Å². The fourth-order valence-electron chi connectivity index (χ4n) is 3.72. The predicted octanol–water partition coefficient (Wildman–Crippen LogP) is 3.84. The molecule has 3 rings (SSSR count). The molecule has 1 heterocycles. The summed E-state index contributed by atoms with van der Waals surface area (Å²) in [6.07, 6.45) is -3.27. The van der Waals surface area contributed by atoms with Gasteiger partial charge in [0.25, 0.3) is 0 Å². The van der Waals surface area contributed by atoms with E-state index in [0.29, 0.717) is 29.9 Å². The third-order valence-corrected chi connectivity index (χ3v) is 5.26. The lowest BCUT2D eigenvalue weighted by Gasteiger charge is -2.23. The summed E-state index contributed by atoms with van der Waals surface area (Å²) in [5.74, 6) is -1.01. The van der Waals surface area contributed by atoms with Gasteiger partial charge in [0, 0.05) is 19.5 Å². The Morgan fingerprint density at radius 2 is 1.79 bits per heavy atom. The topological polar surface area (TPSA) is 79.0 Å². The molecule has 7 nitrogen and oxygen atoms in total. The van der Waals surface area contributed by atoms with Crippen LogP contribution < -0.4 is 10.2 Å². The summed E-state index contributed by atoms with van der Waals surface area (Å²) in [5, 5.41) is 2.78. The fourth-order valence-corrected chi connectivity index (χ4v) is 3.72. The van der Waals surface area contributed by atoms with Gasteiger partial charge >= 0.3 is 12.1 Å². The second-order valence-corrected chi connectivity index (χ2v) is 7.86. The molecule has 0 bridgehead atoms. The van der Waals surface area contributed by atoms with Crippen LogP contribution >= 0.6 is 0 Å². The number of rotatable bonds is 9. The highest BCUT2D eigenvalue weighted by Crippen LogP contribution is 2.30. The van der Waals surface area contributed by atoms with Crippen LogP contribution in [0.15, 0.2) is 48.5 Å². The lowest BCUT2D eigenvalue weighted by molar-refractivity contribution is -0.144. The van der Waals surface area contributed by atoms with Crippen LogP contribution in [0.5, 0.6) is 0 Å². The molecule has 34 heavy (non-hydrogen) atoms. The molecule has 2 aromatic carbocycles. The minimum Gasteiger partial charge on any atom is -0.465 e. The lowest BCUT2D eigenvalue weighted by Crippen LogP contribution is -2.37. The molecule has 0 saturated carbocycles. The Kier molecular flexibility index (Phi) is 8.27. The van der Waals surface area contributed by atoms with Crippen molar-refractivity contribution in [3.8, 4) is 0 Å². The zero-order chi connectivity index (χ0) is 24.7. The second-order valence-electron chi connectivity index (χ2n) is 7.86. The first-order valence-corrected chi connectivity index (χ1v) is 10.9. The zero-order valence-corrected chi connectivity index (χ0v) is 18.7. The monoisotopic (exact) mass is 477 g/mol. The zero-order valence-electron chi connectivity index (χ0n) is 18.7. The van der Waals surface area contributed by atoms with Gasteiger partial charge in [-0.3, -0.25) is 19.3 Å². The molecule has 1 N–H and O–H groups in total. The number of para-hydroxylation sites is 2. The van der Waals surface area contributed by atoms with Gasteiger partial charge in [-0.15, -0.1) is 0 Å². The van der Waals surface area contributed by atoms with E-state index in [1.54, 1.807) is 36.1 Å². The molecule has 0 spiro atoms. The SMILES string of the molecule is CCOC(=O)CN(CC(=O)Nc1ccccc1N1CCCC1=O)Cc1ccc(C(F)(F)F)cc1. The number of esters is 1. The van der Waals surface area contributed by atoms with Gasteiger partial charge in [-0.2, -0.15) is 13.2 Å². The molecule has 0 aliphatic carbocycles. The number of benzene rings is 2. The van der Waals surface area contributed by atoms with E-state index < -0.39 is 23.6 Å². The van der Waals surface area contributed by atoms with Crippen molar-refractivity contribution < 1.29 is 32.3 Å². The summed E-state index contributed by atoms with van der Waals surface area (Å²) in [7, 11) is 0. The summed E-state index contributed by atoms with van der Waals surface area (Å²) in [5.41, 5.74) is 0.790. The Bertz CT molecular complexity index is 1020. The molecule has 0 unspecified atom stereocenters. The summed E-state index contributed by atoms with van der Waals surface area (Å²) < 4.78 is 43.5. The van der Waals surface area contributed by atoms with E-state index >= 15 is 0 Å². The molecule has 0 atom stereocenters. The van der Waals surface area contributed by atoms with Gasteiger partial charge in [-0.25, -0.2) is 0 Å². The Morgan fingerprint density at radius 3 is 2.41 bits per heavy atom. The minimum atomic E-state index is -4.45. The van der Waals surface area contributed by atoms with Gasteiger partial charge < -0.3 is 15.0 Å². The molecule has 0 radical (unpaired) electrons. The van der Waals surface area contributed by atoms with Gasteiger partial charge in [-0.05, 0) is 43.2 Å². The maximum absolute atomic E-state index is 12.8. The molecular formula is C24H26F3N3O4. The fraction of sp³-hybridized carbons (Fsp3) is 0.375. The Hall–Kier alpha value is -3.40. The third kappa shape index (κ3) is 6.80. The molecule has 10 heteroatoms. The number of ether oxygens (including phenoxy) is 1. The molecule has 182 valence electrons. The number of carbonyl (C=O) groups is 3. The van der Waals surface area contributed by atoms with Crippen molar-refractivity contribution in [3.05, 3.63) is 59.7 Å². The van der Waals surface area contributed by atoms with E-state index in [0.717, 1.165) is 18.6 Å². The minimum absolute atomic E-state index is 0.0204. The number of hydrogen-bond acceptors (Lipinski definition) is 5. The number of carbonyl (C=O) groups excluding carboxylic acids is 3. The largest absolute Gasteiger partial charge is 0.465 e. The van der Waals surface area contributed by atoms with Crippen molar-refractivity contribution in [2.45, 2.75) is 32.5 Å². The molecular weight excluding hydrogens is 451 g/mol. The number of hydrogen-bond donors (Lipinski definition) is 1. The van der Waals surface area contributed by atoms with Gasteiger partial charge in [0.1, 0.15) is 0 Å². The number of nitrogens with zero attached hydrogens (tertiary/aromatic N) is 2. The number of halogens is 3. The van der Waals surface area contributed by atoms with Crippen LogP contribution in [0, 0.1) is 0 Å². The highest BCUT2D eigenvalue weighted by atomic mass is 19.4. The molecule has 1 saturated heterocycles. The average molecular weight is 477 g/mol. The van der Waals surface area contributed by atoms with Crippen molar-refractivity contribution in [1.82, 2.24) is 4.90 Å². The number of amides is 2. The van der Waals surface area contributed by atoms with E-state index in [2.05, 4.69) is 5.32 Å². The number of anilines is 2. The van der Waals surface area contributed by atoms with Crippen LogP contribution in [0.25, 0.3) is 0 Å². The van der Waals surface area contributed by atoms with Gasteiger partial charge in [0.15, 0.2) is 0 Å². The van der Waals surface area contributed by atoms with Crippen LogP contribution in [0.1, 0.15) is 30.9 Å². The highest BCUT2D eigenvalue weighted by molar-refractivity contribution is 6.02. The quantitative estimate of drug-likeness (QED) is 0.556. The van der Waals surface area contributed by atoms with E-state index in [1.807, 2.05) is 0 Å². The first kappa shape index (κ1) is 25.2.